The highest BCUT2D eigenvalue weighted by Gasteiger charge is 2.11. The summed E-state index contributed by atoms with van der Waals surface area (Å²) in [6.07, 6.45) is 0.0767. The van der Waals surface area contributed by atoms with Crippen LogP contribution in [0.25, 0.3) is 0 Å². The molecule has 0 amide bonds. The first-order chi connectivity index (χ1) is 6.09. The minimum absolute atomic E-state index is 0.0767. The first-order valence-electron chi connectivity index (χ1n) is 3.94. The van der Waals surface area contributed by atoms with Crippen LogP contribution in [0.3, 0.4) is 0 Å². The second-order valence-corrected chi connectivity index (χ2v) is 3.27. The molecular formula is C9H10ClNO2. The molecule has 0 bridgehead atoms. The Morgan fingerprint density at radius 3 is 2.92 bits per heavy atom. The molecule has 0 fully saturated rings. The van der Waals surface area contributed by atoms with Gasteiger partial charge in [0, 0.05) is 11.6 Å². The van der Waals surface area contributed by atoms with Crippen molar-refractivity contribution >= 4 is 17.6 Å². The van der Waals surface area contributed by atoms with Crippen molar-refractivity contribution in [3.63, 3.8) is 0 Å². The molecule has 1 heterocycles. The van der Waals surface area contributed by atoms with Gasteiger partial charge in [0.25, 0.3) is 0 Å². The van der Waals surface area contributed by atoms with Crippen molar-refractivity contribution in [2.75, 3.05) is 0 Å². The number of pyridine rings is 1. The molecule has 0 saturated heterocycles. The lowest BCUT2D eigenvalue weighted by atomic mass is 10.0. The van der Waals surface area contributed by atoms with Crippen molar-refractivity contribution in [2.24, 2.45) is 0 Å². The molecule has 0 spiro atoms. The Morgan fingerprint density at radius 2 is 2.38 bits per heavy atom. The molecule has 70 valence electrons. The molecule has 1 rings (SSSR count). The second kappa shape index (κ2) is 4.23. The highest BCUT2D eigenvalue weighted by Crippen LogP contribution is 2.18. The molecule has 1 aromatic rings. The maximum atomic E-state index is 10.4. The molecule has 13 heavy (non-hydrogen) atoms. The Kier molecular flexibility index (Phi) is 3.25. The molecule has 1 unspecified atom stereocenters. The van der Waals surface area contributed by atoms with Gasteiger partial charge in [-0.25, -0.2) is 4.98 Å². The molecule has 0 aliphatic rings. The third-order valence-electron chi connectivity index (χ3n) is 1.72. The number of hydrogen-bond donors (Lipinski definition) is 1. The standard InChI is InChI=1S/C9H10ClNO2/c1-6(5-9(12)13)7-3-2-4-8(10)11-7/h2-4,6H,5H2,1H3,(H,12,13). The van der Waals surface area contributed by atoms with E-state index in [1.54, 1.807) is 18.2 Å². The van der Waals surface area contributed by atoms with Crippen LogP contribution in [0.4, 0.5) is 0 Å². The lowest BCUT2D eigenvalue weighted by molar-refractivity contribution is -0.137. The smallest absolute Gasteiger partial charge is 0.304 e. The molecule has 0 aliphatic heterocycles. The van der Waals surface area contributed by atoms with Crippen LogP contribution in [0.1, 0.15) is 25.0 Å². The van der Waals surface area contributed by atoms with E-state index in [0.29, 0.717) is 5.15 Å². The first-order valence-corrected chi connectivity index (χ1v) is 4.31. The molecular weight excluding hydrogens is 190 g/mol. The number of hydrogen-bond acceptors (Lipinski definition) is 2. The average molecular weight is 200 g/mol. The molecule has 0 aliphatic carbocycles. The number of nitrogens with zero attached hydrogens (tertiary/aromatic N) is 1. The molecule has 3 nitrogen and oxygen atoms in total. The summed E-state index contributed by atoms with van der Waals surface area (Å²) in [5, 5.41) is 8.95. The zero-order chi connectivity index (χ0) is 9.84. The summed E-state index contributed by atoms with van der Waals surface area (Å²) in [6, 6.07) is 5.21. The van der Waals surface area contributed by atoms with Crippen LogP contribution < -0.4 is 0 Å². The van der Waals surface area contributed by atoms with Gasteiger partial charge in [0.05, 0.1) is 6.42 Å². The summed E-state index contributed by atoms with van der Waals surface area (Å²) in [5.74, 6) is -0.925. The summed E-state index contributed by atoms with van der Waals surface area (Å²) in [7, 11) is 0. The van der Waals surface area contributed by atoms with Gasteiger partial charge in [0.2, 0.25) is 0 Å². The van der Waals surface area contributed by atoms with Gasteiger partial charge in [0.1, 0.15) is 5.15 Å². The summed E-state index contributed by atoms with van der Waals surface area (Å²) in [5.41, 5.74) is 0.718. The number of carboxylic acid groups (broad SMARTS) is 1. The fraction of sp³-hybridized carbons (Fsp3) is 0.333. The van der Waals surface area contributed by atoms with E-state index in [1.807, 2.05) is 6.92 Å². The molecule has 1 atom stereocenters. The Bertz CT molecular complexity index is 314. The summed E-state index contributed by atoms with van der Waals surface area (Å²) in [6.45, 7) is 1.81. The lowest BCUT2D eigenvalue weighted by Gasteiger charge is -2.07. The Hall–Kier alpha value is -1.09. The van der Waals surface area contributed by atoms with Gasteiger partial charge in [-0.3, -0.25) is 4.79 Å². The van der Waals surface area contributed by atoms with E-state index in [-0.39, 0.29) is 12.3 Å². The highest BCUT2D eigenvalue weighted by atomic mass is 35.5. The molecule has 0 saturated carbocycles. The maximum Gasteiger partial charge on any atom is 0.304 e. The summed E-state index contributed by atoms with van der Waals surface area (Å²) in [4.78, 5) is 14.4. The number of aliphatic carboxylic acids is 1. The van der Waals surface area contributed by atoms with E-state index in [1.165, 1.54) is 0 Å². The highest BCUT2D eigenvalue weighted by molar-refractivity contribution is 6.29. The van der Waals surface area contributed by atoms with Gasteiger partial charge in [-0.05, 0) is 12.1 Å². The minimum Gasteiger partial charge on any atom is -0.481 e. The van der Waals surface area contributed by atoms with Crippen LogP contribution in [0.5, 0.6) is 0 Å². The predicted octanol–water partition coefficient (Wildman–Crippen LogP) is 2.31. The number of aromatic nitrogens is 1. The largest absolute Gasteiger partial charge is 0.481 e. The van der Waals surface area contributed by atoms with Gasteiger partial charge in [-0.1, -0.05) is 24.6 Å². The Morgan fingerprint density at radius 1 is 1.69 bits per heavy atom. The number of carboxylic acids is 1. The van der Waals surface area contributed by atoms with E-state index in [0.717, 1.165) is 5.69 Å². The number of rotatable bonds is 3. The van der Waals surface area contributed by atoms with Crippen LogP contribution in [-0.2, 0) is 4.79 Å². The van der Waals surface area contributed by atoms with E-state index in [9.17, 15) is 4.79 Å². The SMILES string of the molecule is CC(CC(=O)O)c1cccc(Cl)n1. The lowest BCUT2D eigenvalue weighted by Crippen LogP contribution is -2.04. The number of halogens is 1. The third-order valence-corrected chi connectivity index (χ3v) is 1.93. The van der Waals surface area contributed by atoms with Crippen LogP contribution >= 0.6 is 11.6 Å². The molecule has 1 N–H and O–H groups in total. The van der Waals surface area contributed by atoms with Crippen molar-refractivity contribution in [2.45, 2.75) is 19.3 Å². The first kappa shape index (κ1) is 9.99. The topological polar surface area (TPSA) is 50.2 Å². The van der Waals surface area contributed by atoms with Gasteiger partial charge in [-0.15, -0.1) is 0 Å². The van der Waals surface area contributed by atoms with Gasteiger partial charge < -0.3 is 5.11 Å². The van der Waals surface area contributed by atoms with E-state index in [2.05, 4.69) is 4.98 Å². The maximum absolute atomic E-state index is 10.4. The summed E-state index contributed by atoms with van der Waals surface area (Å²) >= 11 is 5.67. The van der Waals surface area contributed by atoms with Crippen LogP contribution in [-0.4, -0.2) is 16.1 Å². The van der Waals surface area contributed by atoms with Gasteiger partial charge >= 0.3 is 5.97 Å². The molecule has 0 radical (unpaired) electrons. The zero-order valence-electron chi connectivity index (χ0n) is 7.20. The number of carbonyl (C=O) groups is 1. The fourth-order valence-electron chi connectivity index (χ4n) is 1.06. The molecule has 1 aromatic heterocycles. The van der Waals surface area contributed by atoms with Crippen molar-refractivity contribution < 1.29 is 9.90 Å². The van der Waals surface area contributed by atoms with E-state index in [4.69, 9.17) is 16.7 Å². The van der Waals surface area contributed by atoms with E-state index < -0.39 is 5.97 Å². The Balaban J connectivity index is 2.76. The van der Waals surface area contributed by atoms with Crippen molar-refractivity contribution in [3.8, 4) is 0 Å². The third kappa shape index (κ3) is 3.03. The van der Waals surface area contributed by atoms with E-state index >= 15 is 0 Å². The average Bonchev–Trinajstić information content (AvgIpc) is 2.03. The van der Waals surface area contributed by atoms with Crippen molar-refractivity contribution in [1.82, 2.24) is 4.98 Å². The normalized spacial score (nSPS) is 12.5. The molecule has 0 aromatic carbocycles. The zero-order valence-corrected chi connectivity index (χ0v) is 7.95. The van der Waals surface area contributed by atoms with Crippen LogP contribution in [0.15, 0.2) is 18.2 Å². The van der Waals surface area contributed by atoms with Crippen molar-refractivity contribution in [1.29, 1.82) is 0 Å². The predicted molar refractivity (Wildman–Crippen MR) is 49.9 cm³/mol. The Labute approximate surface area is 81.4 Å². The second-order valence-electron chi connectivity index (χ2n) is 2.88. The minimum atomic E-state index is -0.825. The quantitative estimate of drug-likeness (QED) is 0.760. The van der Waals surface area contributed by atoms with Crippen LogP contribution in [0.2, 0.25) is 5.15 Å². The van der Waals surface area contributed by atoms with Gasteiger partial charge in [-0.2, -0.15) is 0 Å². The molecule has 4 heteroatoms. The van der Waals surface area contributed by atoms with Crippen molar-refractivity contribution in [3.05, 3.63) is 29.0 Å². The summed E-state index contributed by atoms with van der Waals surface area (Å²) < 4.78 is 0. The fourth-order valence-corrected chi connectivity index (χ4v) is 1.24. The monoisotopic (exact) mass is 199 g/mol. The van der Waals surface area contributed by atoms with Crippen LogP contribution in [0, 0.1) is 0 Å². The van der Waals surface area contributed by atoms with Gasteiger partial charge in [0.15, 0.2) is 0 Å².